The van der Waals surface area contributed by atoms with Gasteiger partial charge in [0.25, 0.3) is 0 Å². The Hall–Kier alpha value is -2.89. The average molecular weight is 297 g/mol. The fourth-order valence-corrected chi connectivity index (χ4v) is 2.21. The average Bonchev–Trinajstić information content (AvgIpc) is 2.84. The summed E-state index contributed by atoms with van der Waals surface area (Å²) in [6, 6.07) is 8.62. The van der Waals surface area contributed by atoms with Gasteiger partial charge in [0.2, 0.25) is 0 Å². The summed E-state index contributed by atoms with van der Waals surface area (Å²) in [4.78, 5) is 28.0. The number of carbonyl (C=O) groups is 1. The molecule has 6 heteroatoms. The third-order valence-electron chi connectivity index (χ3n) is 3.56. The number of hydrogen-bond acceptors (Lipinski definition) is 4. The van der Waals surface area contributed by atoms with Gasteiger partial charge in [-0.1, -0.05) is 18.2 Å². The minimum Gasteiger partial charge on any atom is -0.406 e. The molecule has 1 aromatic carbocycles. The summed E-state index contributed by atoms with van der Waals surface area (Å²) in [6.45, 7) is 4.37. The summed E-state index contributed by atoms with van der Waals surface area (Å²) in [5.41, 5.74) is 3.81. The fraction of sp³-hybridized carbons (Fsp3) is 0.188. The van der Waals surface area contributed by atoms with E-state index in [-0.39, 0.29) is 11.2 Å². The second kappa shape index (κ2) is 5.48. The number of carbonyl (C=O) groups excluding carboxylic acids is 1. The van der Waals surface area contributed by atoms with Crippen LogP contribution in [0.3, 0.4) is 0 Å². The first-order valence-electron chi connectivity index (χ1n) is 6.87. The molecule has 0 atom stereocenters. The molecule has 0 saturated carbocycles. The van der Waals surface area contributed by atoms with Gasteiger partial charge < -0.3 is 9.73 Å². The summed E-state index contributed by atoms with van der Waals surface area (Å²) in [6.07, 6.45) is 1.50. The minimum absolute atomic E-state index is 0.213. The fourth-order valence-electron chi connectivity index (χ4n) is 2.21. The molecule has 0 saturated heterocycles. The summed E-state index contributed by atoms with van der Waals surface area (Å²) in [5.74, 6) is -0.744. The maximum absolute atomic E-state index is 12.2. The lowest BCUT2D eigenvalue weighted by molar-refractivity contribution is 0.240. The van der Waals surface area contributed by atoms with Gasteiger partial charge in [-0.05, 0) is 42.7 Å². The van der Waals surface area contributed by atoms with Crippen molar-refractivity contribution in [1.29, 1.82) is 0 Å². The molecule has 0 radical (unpaired) electrons. The van der Waals surface area contributed by atoms with Crippen molar-refractivity contribution in [2.75, 3.05) is 0 Å². The Bertz CT molecular complexity index is 908. The van der Waals surface area contributed by atoms with Gasteiger partial charge in [0, 0.05) is 12.7 Å². The van der Waals surface area contributed by atoms with E-state index < -0.39 is 11.8 Å². The number of hydrogen-bond donors (Lipinski definition) is 1. The van der Waals surface area contributed by atoms with Gasteiger partial charge in [-0.15, -0.1) is 0 Å². The highest BCUT2D eigenvalue weighted by Crippen LogP contribution is 2.10. The Morgan fingerprint density at radius 2 is 2.09 bits per heavy atom. The molecule has 0 spiro atoms. The summed E-state index contributed by atoms with van der Waals surface area (Å²) in [5, 5.41) is 2.71. The zero-order valence-corrected chi connectivity index (χ0v) is 12.3. The molecular weight excluding hydrogens is 282 g/mol. The van der Waals surface area contributed by atoms with Crippen molar-refractivity contribution in [1.82, 2.24) is 14.9 Å². The molecule has 3 rings (SSSR count). The van der Waals surface area contributed by atoms with Crippen LogP contribution in [-0.4, -0.2) is 15.6 Å². The molecule has 0 aliphatic heterocycles. The second-order valence-electron chi connectivity index (χ2n) is 5.11. The number of aromatic nitrogens is 2. The minimum atomic E-state index is -0.744. The van der Waals surface area contributed by atoms with Crippen LogP contribution in [-0.2, 0) is 6.54 Å². The van der Waals surface area contributed by atoms with E-state index in [2.05, 4.69) is 10.3 Å². The number of benzene rings is 1. The van der Waals surface area contributed by atoms with Gasteiger partial charge in [-0.3, -0.25) is 0 Å². The number of pyridine rings is 1. The standard InChI is InChI=1S/C16H15N3O3/c1-10-5-6-12(8-11(10)2)9-18-15(20)19-14-13(22-16(19)21)4-3-7-17-14/h3-8H,9H2,1-2H3,(H,18,20). The summed E-state index contributed by atoms with van der Waals surface area (Å²) in [7, 11) is 0. The Morgan fingerprint density at radius 1 is 1.27 bits per heavy atom. The lowest BCUT2D eigenvalue weighted by Gasteiger charge is -2.07. The highest BCUT2D eigenvalue weighted by atomic mass is 16.4. The zero-order chi connectivity index (χ0) is 15.7. The van der Waals surface area contributed by atoms with Crippen LogP contribution >= 0.6 is 0 Å². The SMILES string of the molecule is Cc1ccc(CNC(=O)n2c(=O)oc3cccnc32)cc1C. The molecule has 0 unspecified atom stereocenters. The first-order chi connectivity index (χ1) is 10.6. The highest BCUT2D eigenvalue weighted by Gasteiger charge is 2.16. The van der Waals surface area contributed by atoms with Gasteiger partial charge in [0.15, 0.2) is 11.2 Å². The first kappa shape index (κ1) is 14.1. The van der Waals surface area contributed by atoms with Crippen molar-refractivity contribution in [3.8, 4) is 0 Å². The van der Waals surface area contributed by atoms with E-state index in [9.17, 15) is 9.59 Å². The Kier molecular flexibility index (Phi) is 3.50. The predicted octanol–water partition coefficient (Wildman–Crippen LogP) is 2.36. The Labute approximate surface area is 126 Å². The number of amides is 1. The third-order valence-corrected chi connectivity index (χ3v) is 3.56. The van der Waals surface area contributed by atoms with Gasteiger partial charge in [0.1, 0.15) is 0 Å². The van der Waals surface area contributed by atoms with E-state index >= 15 is 0 Å². The number of nitrogens with one attached hydrogen (secondary N) is 1. The molecule has 2 aromatic heterocycles. The molecule has 0 bridgehead atoms. The highest BCUT2D eigenvalue weighted by molar-refractivity contribution is 5.85. The predicted molar refractivity (Wildman–Crippen MR) is 81.8 cm³/mol. The molecular formula is C16H15N3O3. The van der Waals surface area contributed by atoms with Crippen LogP contribution in [0.1, 0.15) is 16.7 Å². The third kappa shape index (κ3) is 2.50. The van der Waals surface area contributed by atoms with Crippen LogP contribution in [0.2, 0.25) is 0 Å². The van der Waals surface area contributed by atoms with Crippen molar-refractivity contribution in [3.05, 3.63) is 63.8 Å². The first-order valence-corrected chi connectivity index (χ1v) is 6.87. The normalized spacial score (nSPS) is 10.8. The van der Waals surface area contributed by atoms with Crippen LogP contribution in [0.5, 0.6) is 0 Å². The molecule has 1 N–H and O–H groups in total. The molecule has 112 valence electrons. The van der Waals surface area contributed by atoms with E-state index in [1.54, 1.807) is 12.1 Å². The second-order valence-corrected chi connectivity index (χ2v) is 5.11. The summed E-state index contributed by atoms with van der Waals surface area (Å²) < 4.78 is 5.89. The number of aryl methyl sites for hydroxylation is 2. The largest absolute Gasteiger partial charge is 0.429 e. The molecule has 0 aliphatic carbocycles. The van der Waals surface area contributed by atoms with Gasteiger partial charge >= 0.3 is 11.8 Å². The number of nitrogens with zero attached hydrogens (tertiary/aromatic N) is 2. The van der Waals surface area contributed by atoms with E-state index in [1.165, 1.54) is 11.8 Å². The maximum atomic E-state index is 12.2. The topological polar surface area (TPSA) is 77.1 Å². The number of fused-ring (bicyclic) bond motifs is 1. The molecule has 0 fully saturated rings. The summed E-state index contributed by atoms with van der Waals surface area (Å²) >= 11 is 0. The lowest BCUT2D eigenvalue weighted by atomic mass is 10.1. The van der Waals surface area contributed by atoms with Crippen LogP contribution in [0, 0.1) is 13.8 Å². The van der Waals surface area contributed by atoms with Gasteiger partial charge in [-0.2, -0.15) is 4.57 Å². The molecule has 6 nitrogen and oxygen atoms in total. The van der Waals surface area contributed by atoms with E-state index in [0.717, 1.165) is 15.7 Å². The molecule has 0 aliphatic rings. The van der Waals surface area contributed by atoms with Crippen molar-refractivity contribution < 1.29 is 9.21 Å². The van der Waals surface area contributed by atoms with E-state index in [4.69, 9.17) is 4.42 Å². The Balaban J connectivity index is 1.83. The van der Waals surface area contributed by atoms with E-state index in [1.807, 2.05) is 32.0 Å². The lowest BCUT2D eigenvalue weighted by Crippen LogP contribution is -2.34. The molecule has 1 amide bonds. The maximum Gasteiger partial charge on any atom is 0.429 e. The quantitative estimate of drug-likeness (QED) is 0.787. The smallest absolute Gasteiger partial charge is 0.406 e. The van der Waals surface area contributed by atoms with Crippen LogP contribution in [0.25, 0.3) is 11.2 Å². The van der Waals surface area contributed by atoms with Crippen molar-refractivity contribution >= 4 is 17.3 Å². The van der Waals surface area contributed by atoms with Crippen molar-refractivity contribution in [2.24, 2.45) is 0 Å². The van der Waals surface area contributed by atoms with Crippen LogP contribution in [0.15, 0.2) is 45.7 Å². The molecule has 2 heterocycles. The van der Waals surface area contributed by atoms with E-state index in [0.29, 0.717) is 6.54 Å². The molecule has 3 aromatic rings. The van der Waals surface area contributed by atoms with Crippen molar-refractivity contribution in [3.63, 3.8) is 0 Å². The number of oxazole rings is 1. The molecule has 22 heavy (non-hydrogen) atoms. The Morgan fingerprint density at radius 3 is 2.86 bits per heavy atom. The van der Waals surface area contributed by atoms with Gasteiger partial charge in [-0.25, -0.2) is 14.6 Å². The van der Waals surface area contributed by atoms with Crippen molar-refractivity contribution in [2.45, 2.75) is 20.4 Å². The zero-order valence-electron chi connectivity index (χ0n) is 12.3. The monoisotopic (exact) mass is 297 g/mol. The van der Waals surface area contributed by atoms with Crippen LogP contribution in [0.4, 0.5) is 4.79 Å². The van der Waals surface area contributed by atoms with Crippen LogP contribution < -0.4 is 11.1 Å². The number of rotatable bonds is 2. The van der Waals surface area contributed by atoms with Gasteiger partial charge in [0.05, 0.1) is 0 Å².